The molecule has 4 nitrogen and oxygen atoms in total. The number of carbonyl (C=O) groups is 1. The van der Waals surface area contributed by atoms with Gasteiger partial charge in [0.2, 0.25) is 5.91 Å². The van der Waals surface area contributed by atoms with Gasteiger partial charge in [0.15, 0.2) is 0 Å². The predicted octanol–water partition coefficient (Wildman–Crippen LogP) is 11.7. The maximum Gasteiger partial charge on any atom is 0.220 e. The van der Waals surface area contributed by atoms with Crippen molar-refractivity contribution in [1.29, 1.82) is 0 Å². The van der Waals surface area contributed by atoms with E-state index < -0.39 is 12.1 Å². The van der Waals surface area contributed by atoms with E-state index in [4.69, 9.17) is 0 Å². The molecule has 0 aromatic heterocycles. The highest BCUT2D eigenvalue weighted by Crippen LogP contribution is 2.15. The molecule has 4 heteroatoms. The highest BCUT2D eigenvalue weighted by atomic mass is 16.3. The van der Waals surface area contributed by atoms with Crippen molar-refractivity contribution < 1.29 is 15.0 Å². The summed E-state index contributed by atoms with van der Waals surface area (Å²) in [6.07, 6.45) is 45.6. The first-order valence-electron chi connectivity index (χ1n) is 19.6. The molecule has 0 saturated heterocycles. The average molecular weight is 620 g/mol. The molecule has 0 aliphatic heterocycles. The number of unbranched alkanes of at least 4 members (excludes halogenated alkanes) is 26. The number of nitrogens with one attached hydrogen (secondary N) is 1. The van der Waals surface area contributed by atoms with Crippen molar-refractivity contribution in [2.24, 2.45) is 0 Å². The topological polar surface area (TPSA) is 69.6 Å². The second-order valence-corrected chi connectivity index (χ2v) is 13.3. The van der Waals surface area contributed by atoms with Crippen LogP contribution in [0.5, 0.6) is 0 Å². The van der Waals surface area contributed by atoms with Gasteiger partial charge in [0.1, 0.15) is 0 Å². The zero-order chi connectivity index (χ0) is 32.2. The Balaban J connectivity index is 3.58. The van der Waals surface area contributed by atoms with Gasteiger partial charge in [-0.1, -0.05) is 179 Å². The average Bonchev–Trinajstić information content (AvgIpc) is 3.03. The van der Waals surface area contributed by atoms with Crippen LogP contribution in [-0.2, 0) is 4.79 Å². The summed E-state index contributed by atoms with van der Waals surface area (Å²) in [5, 5.41) is 22.9. The van der Waals surface area contributed by atoms with E-state index in [9.17, 15) is 15.0 Å². The first-order chi connectivity index (χ1) is 21.7. The summed E-state index contributed by atoms with van der Waals surface area (Å²) in [6, 6.07) is -0.622. The molecule has 2 atom stereocenters. The lowest BCUT2D eigenvalue weighted by molar-refractivity contribution is -0.123. The Hall–Kier alpha value is -1.13. The van der Waals surface area contributed by atoms with Crippen LogP contribution < -0.4 is 5.32 Å². The Labute approximate surface area is 275 Å². The molecule has 0 heterocycles. The first kappa shape index (κ1) is 42.9. The van der Waals surface area contributed by atoms with Crippen molar-refractivity contribution in [2.45, 2.75) is 219 Å². The van der Waals surface area contributed by atoms with Gasteiger partial charge in [-0.15, -0.1) is 0 Å². The van der Waals surface area contributed by atoms with Crippen LogP contribution in [0.15, 0.2) is 24.3 Å². The lowest BCUT2D eigenvalue weighted by Gasteiger charge is -2.20. The van der Waals surface area contributed by atoms with Crippen LogP contribution in [-0.4, -0.2) is 34.9 Å². The summed E-state index contributed by atoms with van der Waals surface area (Å²) < 4.78 is 0. The zero-order valence-corrected chi connectivity index (χ0v) is 29.7. The molecule has 2 unspecified atom stereocenters. The summed E-state index contributed by atoms with van der Waals surface area (Å²) in [6.45, 7) is 4.28. The van der Waals surface area contributed by atoms with Crippen LogP contribution in [0.4, 0.5) is 0 Å². The Morgan fingerprint density at radius 1 is 0.523 bits per heavy atom. The molecule has 0 rings (SSSR count). The summed E-state index contributed by atoms with van der Waals surface area (Å²) in [5.41, 5.74) is 0. The van der Waals surface area contributed by atoms with E-state index in [-0.39, 0.29) is 12.5 Å². The van der Waals surface area contributed by atoms with Gasteiger partial charge < -0.3 is 15.5 Å². The molecule has 260 valence electrons. The van der Waals surface area contributed by atoms with Crippen LogP contribution in [0.2, 0.25) is 0 Å². The minimum absolute atomic E-state index is 0.0741. The standard InChI is InChI=1S/C40H77NO3/c1-3-5-7-9-11-13-15-17-18-19-20-21-22-23-24-25-27-29-31-33-35-39(43)38(37-42)41-40(44)36-34-32-30-28-26-16-14-12-10-8-6-4-2/h12,14,33,35,38-39,42-43H,3-11,13,15-32,34,36-37H2,1-2H3,(H,41,44)/b14-12-,35-33+. The van der Waals surface area contributed by atoms with E-state index in [1.807, 2.05) is 6.08 Å². The normalized spacial score (nSPS) is 13.3. The fourth-order valence-corrected chi connectivity index (χ4v) is 5.88. The van der Waals surface area contributed by atoms with Crippen molar-refractivity contribution in [2.75, 3.05) is 6.61 Å². The molecular formula is C40H77NO3. The van der Waals surface area contributed by atoms with Crippen LogP contribution in [0.1, 0.15) is 206 Å². The molecule has 0 bridgehead atoms. The van der Waals surface area contributed by atoms with Crippen molar-refractivity contribution in [1.82, 2.24) is 5.32 Å². The number of hydrogen-bond acceptors (Lipinski definition) is 3. The Bertz CT molecular complexity index is 632. The van der Waals surface area contributed by atoms with E-state index >= 15 is 0 Å². The molecule has 0 aromatic rings. The highest BCUT2D eigenvalue weighted by Gasteiger charge is 2.17. The fraction of sp³-hybridized carbons (Fsp3) is 0.875. The molecule has 0 aromatic carbocycles. The quantitative estimate of drug-likeness (QED) is 0.0488. The van der Waals surface area contributed by atoms with Crippen LogP contribution in [0.25, 0.3) is 0 Å². The van der Waals surface area contributed by atoms with Gasteiger partial charge in [-0.3, -0.25) is 4.79 Å². The molecular weight excluding hydrogens is 542 g/mol. The molecule has 0 saturated carbocycles. The van der Waals surface area contributed by atoms with E-state index in [0.717, 1.165) is 38.5 Å². The van der Waals surface area contributed by atoms with Gasteiger partial charge >= 0.3 is 0 Å². The second kappa shape index (κ2) is 36.3. The van der Waals surface area contributed by atoms with Crippen molar-refractivity contribution in [3.63, 3.8) is 0 Å². The lowest BCUT2D eigenvalue weighted by atomic mass is 10.0. The number of allylic oxidation sites excluding steroid dienone is 3. The molecule has 0 spiro atoms. The van der Waals surface area contributed by atoms with E-state index in [2.05, 4.69) is 31.3 Å². The first-order valence-corrected chi connectivity index (χ1v) is 19.6. The van der Waals surface area contributed by atoms with Crippen molar-refractivity contribution in [3.05, 3.63) is 24.3 Å². The van der Waals surface area contributed by atoms with Crippen LogP contribution >= 0.6 is 0 Å². The molecule has 0 aliphatic carbocycles. The van der Waals surface area contributed by atoms with Gasteiger partial charge in [0, 0.05) is 6.42 Å². The molecule has 0 radical (unpaired) electrons. The molecule has 3 N–H and O–H groups in total. The number of hydrogen-bond donors (Lipinski definition) is 3. The van der Waals surface area contributed by atoms with Gasteiger partial charge in [-0.2, -0.15) is 0 Å². The maximum atomic E-state index is 12.3. The third kappa shape index (κ3) is 32.3. The van der Waals surface area contributed by atoms with Crippen LogP contribution in [0.3, 0.4) is 0 Å². The largest absolute Gasteiger partial charge is 0.394 e. The summed E-state index contributed by atoms with van der Waals surface area (Å²) in [4.78, 5) is 12.3. The Kier molecular flexibility index (Phi) is 35.4. The SMILES string of the molecule is CCCCC/C=C\CCCCCCCC(=O)NC(CO)C(O)/C=C/CCCCCCCCCCCCCCCCCCCC. The van der Waals surface area contributed by atoms with Gasteiger partial charge in [-0.25, -0.2) is 0 Å². The molecule has 0 aliphatic rings. The van der Waals surface area contributed by atoms with Crippen LogP contribution in [0, 0.1) is 0 Å². The molecule has 44 heavy (non-hydrogen) atoms. The number of aliphatic hydroxyl groups is 2. The number of aliphatic hydroxyl groups excluding tert-OH is 2. The maximum absolute atomic E-state index is 12.3. The third-order valence-corrected chi connectivity index (χ3v) is 8.93. The monoisotopic (exact) mass is 620 g/mol. The summed E-state index contributed by atoms with van der Waals surface area (Å²) >= 11 is 0. The zero-order valence-electron chi connectivity index (χ0n) is 29.7. The number of amides is 1. The lowest BCUT2D eigenvalue weighted by Crippen LogP contribution is -2.45. The third-order valence-electron chi connectivity index (χ3n) is 8.93. The molecule has 0 fully saturated rings. The van der Waals surface area contributed by atoms with Gasteiger partial charge in [0.25, 0.3) is 0 Å². The fourth-order valence-electron chi connectivity index (χ4n) is 5.88. The highest BCUT2D eigenvalue weighted by molar-refractivity contribution is 5.76. The molecule has 1 amide bonds. The Morgan fingerprint density at radius 2 is 0.864 bits per heavy atom. The number of carbonyl (C=O) groups excluding carboxylic acids is 1. The minimum atomic E-state index is -0.838. The minimum Gasteiger partial charge on any atom is -0.394 e. The Morgan fingerprint density at radius 3 is 1.30 bits per heavy atom. The second-order valence-electron chi connectivity index (χ2n) is 13.3. The summed E-state index contributed by atoms with van der Waals surface area (Å²) in [5.74, 6) is -0.0741. The van der Waals surface area contributed by atoms with Crippen molar-refractivity contribution >= 4 is 5.91 Å². The van der Waals surface area contributed by atoms with E-state index in [1.54, 1.807) is 6.08 Å². The summed E-state index contributed by atoms with van der Waals surface area (Å²) in [7, 11) is 0. The number of rotatable bonds is 35. The smallest absolute Gasteiger partial charge is 0.220 e. The van der Waals surface area contributed by atoms with Crippen molar-refractivity contribution in [3.8, 4) is 0 Å². The van der Waals surface area contributed by atoms with Gasteiger partial charge in [0.05, 0.1) is 18.8 Å². The van der Waals surface area contributed by atoms with E-state index in [0.29, 0.717) is 6.42 Å². The van der Waals surface area contributed by atoms with Gasteiger partial charge in [-0.05, 0) is 44.9 Å². The predicted molar refractivity (Wildman–Crippen MR) is 193 cm³/mol. The van der Waals surface area contributed by atoms with E-state index in [1.165, 1.54) is 148 Å².